The molecule has 4 nitrogen and oxygen atoms in total. The van der Waals surface area contributed by atoms with Crippen molar-refractivity contribution < 1.29 is 95.1 Å². The van der Waals surface area contributed by atoms with Gasteiger partial charge < -0.3 is 0 Å². The Labute approximate surface area is 277 Å². The number of hydrogen-bond donors (Lipinski definition) is 0. The van der Waals surface area contributed by atoms with Gasteiger partial charge in [-0.2, -0.15) is 0 Å². The van der Waals surface area contributed by atoms with Gasteiger partial charge in [0.25, 0.3) is 0 Å². The predicted molar refractivity (Wildman–Crippen MR) is 143 cm³/mol. The van der Waals surface area contributed by atoms with Crippen LogP contribution in [0.3, 0.4) is 0 Å². The molecule has 0 atom stereocenters. The van der Waals surface area contributed by atoms with Crippen LogP contribution in [-0.4, -0.2) is 19.9 Å². The van der Waals surface area contributed by atoms with Crippen LogP contribution in [0.1, 0.15) is 25.0 Å². The summed E-state index contributed by atoms with van der Waals surface area (Å²) in [6.45, 7) is 4.27. The average molecular weight is 878 g/mol. The van der Waals surface area contributed by atoms with Crippen molar-refractivity contribution >= 4 is 15.6 Å². The third-order valence-corrected chi connectivity index (χ3v) is 3.45. The Morgan fingerprint density at radius 3 is 0.659 bits per heavy atom. The van der Waals surface area contributed by atoms with E-state index in [0.29, 0.717) is 0 Å². The minimum Gasteiger partial charge on any atom is -0.265 e. The van der Waals surface area contributed by atoms with E-state index in [4.69, 9.17) is 0 Å². The topological polar surface area (TPSA) is 51.6 Å². The molecule has 44 heavy (non-hydrogen) atoms. The number of rotatable bonds is 2. The molecule has 0 radical (unpaired) electrons. The molecule has 0 bridgehead atoms. The third kappa shape index (κ3) is 67.7. The molecule has 0 unspecified atom stereocenters. The number of nitrogens with zero attached hydrogens (tertiary/aromatic N) is 4. The maximum absolute atomic E-state index is 10.7. The molecule has 4 rings (SSSR count). The van der Waals surface area contributed by atoms with Crippen molar-refractivity contribution in [1.29, 1.82) is 0 Å². The first-order valence-electron chi connectivity index (χ1n) is 11.4. The summed E-state index contributed by atoms with van der Waals surface area (Å²) in [4.78, 5) is 15.4. The SMILES string of the molecule is CCc1ccncc1.CCc1ccncc1.F[P-](F)(F)(F)(F)F.F[P-](F)(F)(F)(F)F.[Ag+].[Ag+].c1ccncc1.c1ccncc1. The van der Waals surface area contributed by atoms with E-state index >= 15 is 0 Å². The molecule has 0 aliphatic rings. The zero-order valence-electron chi connectivity index (χ0n) is 22.6. The summed E-state index contributed by atoms with van der Waals surface area (Å²) in [5.41, 5.74) is 2.69. The zero-order chi connectivity index (χ0) is 32.9. The Morgan fingerprint density at radius 1 is 0.386 bits per heavy atom. The van der Waals surface area contributed by atoms with Crippen LogP contribution in [-0.2, 0) is 57.6 Å². The van der Waals surface area contributed by atoms with Crippen LogP contribution in [0.25, 0.3) is 0 Å². The van der Waals surface area contributed by atoms with Crippen LogP contribution in [0.15, 0.2) is 110 Å². The molecule has 0 aliphatic carbocycles. The van der Waals surface area contributed by atoms with E-state index in [2.05, 4.69) is 33.8 Å². The molecule has 0 aliphatic heterocycles. The fourth-order valence-corrected chi connectivity index (χ4v) is 1.86. The van der Waals surface area contributed by atoms with Crippen LogP contribution in [0.4, 0.5) is 50.4 Å². The fourth-order valence-electron chi connectivity index (χ4n) is 1.86. The molecule has 0 amide bonds. The van der Waals surface area contributed by atoms with Gasteiger partial charge in [-0.1, -0.05) is 26.0 Å². The normalized spacial score (nSPS) is 12.9. The van der Waals surface area contributed by atoms with Gasteiger partial charge in [0.1, 0.15) is 0 Å². The smallest absolute Gasteiger partial charge is 0.265 e. The monoisotopic (exact) mass is 876 g/mol. The van der Waals surface area contributed by atoms with Gasteiger partial charge in [-0.25, -0.2) is 0 Å². The zero-order valence-corrected chi connectivity index (χ0v) is 27.4. The quantitative estimate of drug-likeness (QED) is 0.114. The number of aryl methyl sites for hydroxylation is 2. The molecule has 0 spiro atoms. The molecule has 0 saturated heterocycles. The molecular weight excluding hydrogens is 850 g/mol. The van der Waals surface area contributed by atoms with Crippen molar-refractivity contribution in [3.63, 3.8) is 0 Å². The van der Waals surface area contributed by atoms with Gasteiger partial charge in [0.2, 0.25) is 0 Å². The molecule has 260 valence electrons. The number of hydrogen-bond acceptors (Lipinski definition) is 4. The second-order valence-corrected chi connectivity index (χ2v) is 11.2. The predicted octanol–water partition coefficient (Wildman–Crippen LogP) is 12.2. The second kappa shape index (κ2) is 19.6. The van der Waals surface area contributed by atoms with Gasteiger partial charge in [-0.05, 0) is 72.5 Å². The third-order valence-electron chi connectivity index (χ3n) is 3.45. The molecule has 0 N–H and O–H groups in total. The van der Waals surface area contributed by atoms with Gasteiger partial charge in [0.05, 0.1) is 0 Å². The number of aromatic nitrogens is 4. The maximum atomic E-state index is 9.87. The summed E-state index contributed by atoms with van der Waals surface area (Å²) < 4.78 is 118. The first-order valence-corrected chi connectivity index (χ1v) is 15.4. The van der Waals surface area contributed by atoms with Crippen LogP contribution in [0.2, 0.25) is 0 Å². The van der Waals surface area contributed by atoms with Crippen LogP contribution < -0.4 is 0 Å². The van der Waals surface area contributed by atoms with E-state index in [1.54, 1.807) is 24.8 Å². The summed E-state index contributed by atoms with van der Waals surface area (Å²) in [6.07, 6.45) is 16.5. The van der Waals surface area contributed by atoms with E-state index < -0.39 is 15.6 Å². The molecule has 4 heterocycles. The van der Waals surface area contributed by atoms with Gasteiger partial charge in [0.15, 0.2) is 0 Å². The molecule has 0 aromatic carbocycles. The van der Waals surface area contributed by atoms with Gasteiger partial charge >= 0.3 is 111 Å². The second-order valence-electron chi connectivity index (χ2n) is 7.38. The molecule has 20 heteroatoms. The van der Waals surface area contributed by atoms with Crippen molar-refractivity contribution in [3.8, 4) is 0 Å². The molecule has 4 aromatic heterocycles. The van der Waals surface area contributed by atoms with Crippen molar-refractivity contribution in [3.05, 3.63) is 121 Å². The van der Waals surface area contributed by atoms with Gasteiger partial charge in [-0.15, -0.1) is 0 Å². The number of pyridine rings is 4. The molecule has 0 saturated carbocycles. The fraction of sp³-hybridized carbons (Fsp3) is 0.167. The first-order chi connectivity index (χ1) is 18.8. The van der Waals surface area contributed by atoms with Crippen LogP contribution in [0, 0.1) is 0 Å². The van der Waals surface area contributed by atoms with Gasteiger partial charge in [-0.3, -0.25) is 19.9 Å². The number of halogens is 12. The van der Waals surface area contributed by atoms with Crippen molar-refractivity contribution in [1.82, 2.24) is 19.9 Å². The largest absolute Gasteiger partial charge is 1.00 e. The van der Waals surface area contributed by atoms with E-state index in [1.807, 2.05) is 85.5 Å². The van der Waals surface area contributed by atoms with E-state index in [9.17, 15) is 50.4 Å². The standard InChI is InChI=1S/2C7H9N.2C5H5N.2Ag.2F6P/c2*1-2-7-3-5-8-6-4-7;2*1-2-4-6-5-3-1;;;2*1-7(2,3,4,5)6/h2*3-6H,2H2,1H3;2*1-5H;;;;/q;;;;2*+1;2*-1. The van der Waals surface area contributed by atoms with Crippen molar-refractivity contribution in [2.24, 2.45) is 0 Å². The summed E-state index contributed by atoms with van der Waals surface area (Å²) in [5, 5.41) is 0. The Kier molecular flexibility index (Phi) is 21.8. The molecule has 4 aromatic rings. The van der Waals surface area contributed by atoms with Gasteiger partial charge in [0, 0.05) is 49.6 Å². The van der Waals surface area contributed by atoms with Crippen molar-refractivity contribution in [2.75, 3.05) is 0 Å². The molecular formula is C24H28Ag2F12N4P2. The van der Waals surface area contributed by atoms with Crippen LogP contribution in [0.5, 0.6) is 0 Å². The summed E-state index contributed by atoms with van der Waals surface area (Å²) >= 11 is 0. The van der Waals surface area contributed by atoms with E-state index in [0.717, 1.165) is 12.8 Å². The summed E-state index contributed by atoms with van der Waals surface area (Å²) in [7, 11) is -21.3. The first kappa shape index (κ1) is 49.0. The van der Waals surface area contributed by atoms with E-state index in [1.165, 1.54) is 11.1 Å². The Hall–Kier alpha value is -1.90. The maximum Gasteiger partial charge on any atom is 1.00 e. The average Bonchev–Trinajstić information content (AvgIpc) is 2.89. The minimum absolute atomic E-state index is 0. The Bertz CT molecular complexity index is 1040. The molecule has 0 fully saturated rings. The summed E-state index contributed by atoms with van der Waals surface area (Å²) in [6, 6.07) is 19.5. The van der Waals surface area contributed by atoms with E-state index in [-0.39, 0.29) is 44.8 Å². The Balaban J connectivity index is -0.000000217. The summed E-state index contributed by atoms with van der Waals surface area (Å²) in [5.74, 6) is 0. The van der Waals surface area contributed by atoms with Crippen LogP contribution >= 0.6 is 15.6 Å². The minimum atomic E-state index is -10.7. The Morgan fingerprint density at radius 2 is 0.568 bits per heavy atom. The van der Waals surface area contributed by atoms with Crippen molar-refractivity contribution in [2.45, 2.75) is 26.7 Å².